The maximum absolute atomic E-state index is 3.05. The normalized spacial score (nSPS) is 20.3. The number of rotatable bonds is 15. The number of hydrogen-bond acceptors (Lipinski definition) is 3. The first kappa shape index (κ1) is 25.1. The summed E-state index contributed by atoms with van der Waals surface area (Å²) >= 11 is 0. The van der Waals surface area contributed by atoms with E-state index in [1.165, 1.54) is 96.5 Å². The number of nitrogens with zero attached hydrogens (tertiary/aromatic N) is 3. The Hall–Kier alpha value is 0.0500. The average Bonchev–Trinajstić information content (AvgIpc) is 2.68. The fourth-order valence-corrected chi connectivity index (χ4v) is 13.4. The van der Waals surface area contributed by atoms with Crippen molar-refractivity contribution in [2.24, 2.45) is 0 Å². The van der Waals surface area contributed by atoms with E-state index in [0.29, 0.717) is 0 Å². The minimum atomic E-state index is -2.35. The first-order valence-corrected chi connectivity index (χ1v) is 14.5. The van der Waals surface area contributed by atoms with Gasteiger partial charge < -0.3 is 0 Å². The van der Waals surface area contributed by atoms with Crippen LogP contribution in [-0.2, 0) is 0 Å². The zero-order valence-corrected chi connectivity index (χ0v) is 20.4. The second kappa shape index (κ2) is 12.6. The summed E-state index contributed by atoms with van der Waals surface area (Å²) in [5.74, 6) is 0. The van der Waals surface area contributed by atoms with Gasteiger partial charge in [-0.1, -0.05) is 0 Å². The molecule has 0 aromatic carbocycles. The molecule has 162 valence electrons. The Morgan fingerprint density at radius 1 is 0.556 bits per heavy atom. The van der Waals surface area contributed by atoms with E-state index in [1.54, 1.807) is 0 Å². The quantitative estimate of drug-likeness (QED) is 0.226. The van der Waals surface area contributed by atoms with Gasteiger partial charge in [-0.15, -0.1) is 0 Å². The molecule has 27 heavy (non-hydrogen) atoms. The van der Waals surface area contributed by atoms with Crippen molar-refractivity contribution in [3.63, 3.8) is 0 Å². The summed E-state index contributed by atoms with van der Waals surface area (Å²) in [4.78, 5) is 0. The van der Waals surface area contributed by atoms with Crippen LogP contribution in [0, 0.1) is 0 Å². The Morgan fingerprint density at radius 2 is 0.889 bits per heavy atom. The van der Waals surface area contributed by atoms with E-state index in [1.807, 2.05) is 0 Å². The van der Waals surface area contributed by atoms with Crippen LogP contribution in [0.1, 0.15) is 86.5 Å². The second-order valence-electron chi connectivity index (χ2n) is 8.37. The van der Waals surface area contributed by atoms with E-state index in [4.69, 9.17) is 0 Å². The molecule has 1 aliphatic heterocycles. The summed E-state index contributed by atoms with van der Waals surface area (Å²) in [6.07, 6.45) is 16.5. The van der Waals surface area contributed by atoms with E-state index in [-0.39, 0.29) is 0 Å². The van der Waals surface area contributed by atoms with Crippen LogP contribution in [0.4, 0.5) is 0 Å². The van der Waals surface area contributed by atoms with Crippen molar-refractivity contribution in [3.8, 4) is 0 Å². The van der Waals surface area contributed by atoms with Crippen LogP contribution >= 0.6 is 7.06 Å². The zero-order chi connectivity index (χ0) is 20.2. The van der Waals surface area contributed by atoms with Crippen LogP contribution in [0.3, 0.4) is 0 Å². The van der Waals surface area contributed by atoms with Gasteiger partial charge in [0.1, 0.15) is 0 Å². The molecular formula is C23H50N3P. The molecule has 0 saturated heterocycles. The monoisotopic (exact) mass is 399 g/mol. The molecule has 0 fully saturated rings. The van der Waals surface area contributed by atoms with E-state index >= 15 is 0 Å². The Labute approximate surface area is 171 Å². The molecule has 0 aromatic rings. The van der Waals surface area contributed by atoms with Gasteiger partial charge >= 0.3 is 171 Å². The Bertz CT molecular complexity index is 362. The Balaban J connectivity index is 3.70. The standard InChI is InChI=1S/C23H50N3P/c1-7-16-24(17-8-2)27(22-14-13-15-23-27,25(18-9-3)19-10-4)26(20-11-5)21-12-6/h13-14H,7-12,15-23H2,1-6H3. The second-order valence-corrected chi connectivity index (χ2v) is 13.6. The summed E-state index contributed by atoms with van der Waals surface area (Å²) in [6, 6.07) is 0. The van der Waals surface area contributed by atoms with Crippen LogP contribution in [0.5, 0.6) is 0 Å². The average molecular weight is 400 g/mol. The third kappa shape index (κ3) is 5.16. The van der Waals surface area contributed by atoms with Gasteiger partial charge in [-0.2, -0.15) is 0 Å². The van der Waals surface area contributed by atoms with Crippen molar-refractivity contribution in [2.75, 3.05) is 51.6 Å². The van der Waals surface area contributed by atoms with Crippen molar-refractivity contribution >= 4 is 7.06 Å². The van der Waals surface area contributed by atoms with Crippen LogP contribution in [0.2, 0.25) is 0 Å². The van der Waals surface area contributed by atoms with Gasteiger partial charge in [0.2, 0.25) is 0 Å². The molecule has 0 atom stereocenters. The minimum absolute atomic E-state index is 1.26. The Morgan fingerprint density at radius 3 is 1.11 bits per heavy atom. The zero-order valence-electron chi connectivity index (χ0n) is 19.6. The van der Waals surface area contributed by atoms with Crippen LogP contribution in [-0.4, -0.2) is 65.6 Å². The van der Waals surface area contributed by atoms with Gasteiger partial charge in [0.25, 0.3) is 0 Å². The third-order valence-corrected chi connectivity index (χ3v) is 13.5. The molecule has 0 radical (unpaired) electrons. The van der Waals surface area contributed by atoms with Crippen LogP contribution < -0.4 is 0 Å². The fourth-order valence-electron chi connectivity index (χ4n) is 5.42. The summed E-state index contributed by atoms with van der Waals surface area (Å²) in [5, 5.41) is 0. The van der Waals surface area contributed by atoms with Crippen molar-refractivity contribution in [2.45, 2.75) is 86.5 Å². The first-order valence-electron chi connectivity index (χ1n) is 12.0. The van der Waals surface area contributed by atoms with E-state index < -0.39 is 7.06 Å². The SMILES string of the molecule is CCCN(CCC)P1(N(CCC)CCC)(N(CCC)CCC)CC=CCC1. The molecular weight excluding hydrogens is 349 g/mol. The summed E-state index contributed by atoms with van der Waals surface area (Å²) in [6.45, 7) is 21.8. The number of allylic oxidation sites excluding steroid dienone is 2. The first-order chi connectivity index (χ1) is 13.1. The summed E-state index contributed by atoms with van der Waals surface area (Å²) in [7, 11) is -2.35. The molecule has 0 bridgehead atoms. The maximum atomic E-state index is 3.05. The van der Waals surface area contributed by atoms with Crippen molar-refractivity contribution < 1.29 is 0 Å². The van der Waals surface area contributed by atoms with Crippen molar-refractivity contribution in [1.29, 1.82) is 0 Å². The van der Waals surface area contributed by atoms with Crippen molar-refractivity contribution in [3.05, 3.63) is 12.2 Å². The van der Waals surface area contributed by atoms with Crippen LogP contribution in [0.15, 0.2) is 12.2 Å². The molecule has 1 rings (SSSR count). The van der Waals surface area contributed by atoms with Crippen molar-refractivity contribution in [1.82, 2.24) is 14.0 Å². The summed E-state index contributed by atoms with van der Waals surface area (Å²) in [5.41, 5.74) is 0. The predicted octanol–water partition coefficient (Wildman–Crippen LogP) is 6.61. The molecule has 4 heteroatoms. The van der Waals surface area contributed by atoms with Crippen LogP contribution in [0.25, 0.3) is 0 Å². The van der Waals surface area contributed by atoms with Gasteiger partial charge in [-0.3, -0.25) is 0 Å². The molecule has 0 spiro atoms. The molecule has 3 nitrogen and oxygen atoms in total. The van der Waals surface area contributed by atoms with Gasteiger partial charge in [-0.05, 0) is 0 Å². The Kier molecular flexibility index (Phi) is 11.7. The van der Waals surface area contributed by atoms with Gasteiger partial charge in [-0.25, -0.2) is 0 Å². The molecule has 0 unspecified atom stereocenters. The third-order valence-electron chi connectivity index (χ3n) is 6.25. The summed E-state index contributed by atoms with van der Waals surface area (Å²) < 4.78 is 9.14. The predicted molar refractivity (Wildman–Crippen MR) is 127 cm³/mol. The fraction of sp³-hybridized carbons (Fsp3) is 0.913. The topological polar surface area (TPSA) is 9.72 Å². The molecule has 0 N–H and O–H groups in total. The molecule has 0 aromatic heterocycles. The van der Waals surface area contributed by atoms with E-state index in [0.717, 1.165) is 0 Å². The number of hydrogen-bond donors (Lipinski definition) is 0. The van der Waals surface area contributed by atoms with Gasteiger partial charge in [0.05, 0.1) is 0 Å². The van der Waals surface area contributed by atoms with Gasteiger partial charge in [0, 0.05) is 0 Å². The molecule has 0 amide bonds. The molecule has 0 aliphatic carbocycles. The molecule has 1 aliphatic rings. The molecule has 1 heterocycles. The van der Waals surface area contributed by atoms with E-state index in [9.17, 15) is 0 Å². The van der Waals surface area contributed by atoms with Gasteiger partial charge in [0.15, 0.2) is 0 Å². The molecule has 0 saturated carbocycles. The van der Waals surface area contributed by atoms with E-state index in [2.05, 4.69) is 67.7 Å².